The molecule has 0 amide bonds. The van der Waals surface area contributed by atoms with Gasteiger partial charge in [-0.2, -0.15) is 0 Å². The Hall–Kier alpha value is -0.760. The van der Waals surface area contributed by atoms with Crippen LogP contribution in [0.3, 0.4) is 0 Å². The normalized spacial score (nSPS) is 14.3. The highest BCUT2D eigenvalue weighted by atomic mass is 16.3. The molecule has 2 heteroatoms. The second-order valence-electron chi connectivity index (χ2n) is 4.93. The quantitative estimate of drug-likeness (QED) is 0.819. The monoisotopic (exact) mass is 209 g/mol. The number of rotatable bonds is 4. The Morgan fingerprint density at radius 3 is 2.33 bits per heavy atom. The van der Waals surface area contributed by atoms with Crippen LogP contribution in [0.4, 0.5) is 0 Å². The molecule has 1 rings (SSSR count). The SMILES string of the molecule is CCC(C)(C)C(NC)c1cc(C)oc1C. The minimum Gasteiger partial charge on any atom is -0.466 e. The Morgan fingerprint density at radius 2 is 2.00 bits per heavy atom. The Balaban J connectivity index is 3.07. The Bertz CT molecular complexity index is 325. The molecule has 0 bridgehead atoms. The molecule has 0 fully saturated rings. The predicted molar refractivity (Wildman–Crippen MR) is 64.1 cm³/mol. The second-order valence-corrected chi connectivity index (χ2v) is 4.93. The van der Waals surface area contributed by atoms with Crippen LogP contribution in [0.15, 0.2) is 10.5 Å². The fourth-order valence-corrected chi connectivity index (χ4v) is 2.11. The third kappa shape index (κ3) is 2.43. The van der Waals surface area contributed by atoms with Gasteiger partial charge >= 0.3 is 0 Å². The smallest absolute Gasteiger partial charge is 0.105 e. The first-order valence-electron chi connectivity index (χ1n) is 5.66. The first kappa shape index (κ1) is 12.3. The summed E-state index contributed by atoms with van der Waals surface area (Å²) in [6, 6.07) is 2.51. The van der Waals surface area contributed by atoms with Crippen LogP contribution in [0.1, 0.15) is 50.3 Å². The van der Waals surface area contributed by atoms with Gasteiger partial charge in [-0.05, 0) is 38.8 Å². The molecule has 0 aliphatic carbocycles. The maximum Gasteiger partial charge on any atom is 0.105 e. The molecule has 0 radical (unpaired) electrons. The molecule has 0 aliphatic rings. The highest BCUT2D eigenvalue weighted by molar-refractivity contribution is 5.25. The van der Waals surface area contributed by atoms with Crippen LogP contribution in [0.25, 0.3) is 0 Å². The predicted octanol–water partition coefficient (Wildman–Crippen LogP) is 3.59. The zero-order chi connectivity index (χ0) is 11.6. The molecule has 0 aliphatic heterocycles. The van der Waals surface area contributed by atoms with E-state index in [1.165, 1.54) is 5.56 Å². The zero-order valence-corrected chi connectivity index (χ0v) is 10.8. The van der Waals surface area contributed by atoms with Gasteiger partial charge in [0.05, 0.1) is 0 Å². The molecular weight excluding hydrogens is 186 g/mol. The number of nitrogens with one attached hydrogen (secondary N) is 1. The van der Waals surface area contributed by atoms with E-state index in [1.807, 2.05) is 20.9 Å². The molecule has 86 valence electrons. The summed E-state index contributed by atoms with van der Waals surface area (Å²) in [5, 5.41) is 3.40. The lowest BCUT2D eigenvalue weighted by Gasteiger charge is -2.33. The lowest BCUT2D eigenvalue weighted by Crippen LogP contribution is -2.31. The van der Waals surface area contributed by atoms with E-state index in [-0.39, 0.29) is 5.41 Å². The van der Waals surface area contributed by atoms with Crippen molar-refractivity contribution in [2.24, 2.45) is 5.41 Å². The molecule has 1 heterocycles. The van der Waals surface area contributed by atoms with E-state index in [0.29, 0.717) is 6.04 Å². The molecule has 1 unspecified atom stereocenters. The van der Waals surface area contributed by atoms with Crippen molar-refractivity contribution in [2.45, 2.75) is 47.1 Å². The van der Waals surface area contributed by atoms with Crippen LogP contribution in [-0.2, 0) is 0 Å². The minimum atomic E-state index is 0.246. The number of hydrogen-bond acceptors (Lipinski definition) is 2. The Kier molecular flexibility index (Phi) is 3.61. The van der Waals surface area contributed by atoms with Crippen LogP contribution >= 0.6 is 0 Å². The molecule has 15 heavy (non-hydrogen) atoms. The summed E-state index contributed by atoms with van der Waals surface area (Å²) in [7, 11) is 2.02. The molecule has 0 aromatic carbocycles. The molecular formula is C13H23NO. The van der Waals surface area contributed by atoms with E-state index in [1.54, 1.807) is 0 Å². The van der Waals surface area contributed by atoms with Crippen molar-refractivity contribution < 1.29 is 4.42 Å². The average Bonchev–Trinajstić information content (AvgIpc) is 2.47. The van der Waals surface area contributed by atoms with Crippen molar-refractivity contribution in [3.8, 4) is 0 Å². The third-order valence-corrected chi connectivity index (χ3v) is 3.37. The molecule has 1 aromatic heterocycles. The summed E-state index contributed by atoms with van der Waals surface area (Å²) in [5.74, 6) is 2.03. The molecule has 1 aromatic rings. The zero-order valence-electron chi connectivity index (χ0n) is 10.8. The molecule has 1 atom stereocenters. The lowest BCUT2D eigenvalue weighted by atomic mass is 9.78. The van der Waals surface area contributed by atoms with Gasteiger partial charge in [-0.3, -0.25) is 0 Å². The van der Waals surface area contributed by atoms with Crippen molar-refractivity contribution in [3.63, 3.8) is 0 Å². The van der Waals surface area contributed by atoms with Crippen molar-refractivity contribution in [2.75, 3.05) is 7.05 Å². The minimum absolute atomic E-state index is 0.246. The fourth-order valence-electron chi connectivity index (χ4n) is 2.11. The number of aryl methyl sites for hydroxylation is 2. The first-order valence-corrected chi connectivity index (χ1v) is 5.66. The largest absolute Gasteiger partial charge is 0.466 e. The van der Waals surface area contributed by atoms with E-state index < -0.39 is 0 Å². The van der Waals surface area contributed by atoms with Crippen LogP contribution in [-0.4, -0.2) is 7.05 Å². The fraction of sp³-hybridized carbons (Fsp3) is 0.692. The van der Waals surface area contributed by atoms with Gasteiger partial charge in [0.25, 0.3) is 0 Å². The van der Waals surface area contributed by atoms with Crippen molar-refractivity contribution >= 4 is 0 Å². The topological polar surface area (TPSA) is 25.2 Å². The second kappa shape index (κ2) is 4.40. The van der Waals surface area contributed by atoms with E-state index in [4.69, 9.17) is 4.42 Å². The maximum absolute atomic E-state index is 5.60. The van der Waals surface area contributed by atoms with Gasteiger partial charge in [-0.25, -0.2) is 0 Å². The van der Waals surface area contributed by atoms with Crippen LogP contribution in [0.2, 0.25) is 0 Å². The molecule has 0 saturated carbocycles. The Labute approximate surface area is 93.1 Å². The van der Waals surface area contributed by atoms with Crippen molar-refractivity contribution in [3.05, 3.63) is 23.2 Å². The third-order valence-electron chi connectivity index (χ3n) is 3.37. The van der Waals surface area contributed by atoms with Crippen LogP contribution in [0, 0.1) is 19.3 Å². The lowest BCUT2D eigenvalue weighted by molar-refractivity contribution is 0.243. The van der Waals surface area contributed by atoms with E-state index in [9.17, 15) is 0 Å². The van der Waals surface area contributed by atoms with Gasteiger partial charge < -0.3 is 9.73 Å². The van der Waals surface area contributed by atoms with E-state index >= 15 is 0 Å². The van der Waals surface area contributed by atoms with Crippen molar-refractivity contribution in [1.29, 1.82) is 0 Å². The van der Waals surface area contributed by atoms with Gasteiger partial charge in [-0.15, -0.1) is 0 Å². The standard InChI is InChI=1S/C13H23NO/c1-7-13(4,5)12(14-6)11-8-9(2)15-10(11)3/h8,12,14H,7H2,1-6H3. The van der Waals surface area contributed by atoms with Gasteiger partial charge in [0, 0.05) is 11.6 Å². The molecule has 0 saturated heterocycles. The highest BCUT2D eigenvalue weighted by Crippen LogP contribution is 2.38. The maximum atomic E-state index is 5.60. The molecule has 1 N–H and O–H groups in total. The summed E-state index contributed by atoms with van der Waals surface area (Å²) in [5.41, 5.74) is 1.54. The molecule has 2 nitrogen and oxygen atoms in total. The average molecular weight is 209 g/mol. The van der Waals surface area contributed by atoms with E-state index in [0.717, 1.165) is 17.9 Å². The van der Waals surface area contributed by atoms with Crippen LogP contribution in [0.5, 0.6) is 0 Å². The summed E-state index contributed by atoms with van der Waals surface area (Å²) < 4.78 is 5.60. The number of furan rings is 1. The number of hydrogen-bond donors (Lipinski definition) is 1. The van der Waals surface area contributed by atoms with Gasteiger partial charge in [0.1, 0.15) is 11.5 Å². The summed E-state index contributed by atoms with van der Waals surface area (Å²) in [4.78, 5) is 0. The van der Waals surface area contributed by atoms with Gasteiger partial charge in [0.15, 0.2) is 0 Å². The van der Waals surface area contributed by atoms with Crippen molar-refractivity contribution in [1.82, 2.24) is 5.32 Å². The highest BCUT2D eigenvalue weighted by Gasteiger charge is 2.30. The summed E-state index contributed by atoms with van der Waals surface area (Å²) in [6.45, 7) is 10.8. The van der Waals surface area contributed by atoms with E-state index in [2.05, 4.69) is 32.2 Å². The first-order chi connectivity index (χ1) is 6.92. The molecule has 0 spiro atoms. The Morgan fingerprint density at radius 1 is 1.40 bits per heavy atom. The summed E-state index contributed by atoms with van der Waals surface area (Å²) >= 11 is 0. The summed E-state index contributed by atoms with van der Waals surface area (Å²) in [6.07, 6.45) is 1.14. The van der Waals surface area contributed by atoms with Gasteiger partial charge in [-0.1, -0.05) is 20.8 Å². The van der Waals surface area contributed by atoms with Gasteiger partial charge in [0.2, 0.25) is 0 Å². The van der Waals surface area contributed by atoms with Crippen LogP contribution < -0.4 is 5.32 Å².